The molecule has 0 aromatic heterocycles. The third kappa shape index (κ3) is 4.97. The summed E-state index contributed by atoms with van der Waals surface area (Å²) < 4.78 is 23.4. The third-order valence-electron chi connectivity index (χ3n) is 2.51. The number of hydrogen-bond acceptors (Lipinski definition) is 6. The average molecular weight is 302 g/mol. The number of halogens is 1. The van der Waals surface area contributed by atoms with E-state index in [0.29, 0.717) is 19.3 Å². The van der Waals surface area contributed by atoms with Crippen molar-refractivity contribution in [1.82, 2.24) is 0 Å². The van der Waals surface area contributed by atoms with Gasteiger partial charge in [0.05, 0.1) is 24.7 Å². The number of methoxy groups -OCH3 is 1. The zero-order valence-electron chi connectivity index (χ0n) is 11.3. The van der Waals surface area contributed by atoms with E-state index in [-0.39, 0.29) is 18.8 Å². The van der Waals surface area contributed by atoms with E-state index in [1.807, 2.05) is 0 Å². The summed E-state index contributed by atoms with van der Waals surface area (Å²) >= 11 is 0. The van der Waals surface area contributed by atoms with Crippen LogP contribution >= 0.6 is 0 Å². The van der Waals surface area contributed by atoms with Gasteiger partial charge in [-0.05, 0) is 0 Å². The fourth-order valence-corrected chi connectivity index (χ4v) is 1.52. The molecule has 0 radical (unpaired) electrons. The van der Waals surface area contributed by atoms with Crippen LogP contribution < -0.4 is 5.32 Å². The van der Waals surface area contributed by atoms with Crippen LogP contribution in [0.1, 0.15) is 10.4 Å². The minimum atomic E-state index is -1.56. The van der Waals surface area contributed by atoms with Crippen LogP contribution in [0.25, 0.3) is 0 Å². The fourth-order valence-electron chi connectivity index (χ4n) is 1.52. The van der Waals surface area contributed by atoms with E-state index < -0.39 is 28.0 Å². The second-order valence-electron chi connectivity index (χ2n) is 3.94. The maximum absolute atomic E-state index is 13.5. The smallest absolute Gasteiger partial charge is 0.338 e. The molecule has 9 heteroatoms. The number of carboxylic acids is 1. The first-order valence-electron chi connectivity index (χ1n) is 5.99. The number of aromatic carboxylic acids is 1. The Morgan fingerprint density at radius 1 is 1.43 bits per heavy atom. The average Bonchev–Trinajstić information content (AvgIpc) is 2.42. The Bertz CT molecular complexity index is 523. The maximum Gasteiger partial charge on any atom is 0.338 e. The molecular weight excluding hydrogens is 287 g/mol. The minimum absolute atomic E-state index is 0.0992. The molecule has 1 aromatic rings. The summed E-state index contributed by atoms with van der Waals surface area (Å²) in [5.74, 6) is -2.61. The molecule has 0 unspecified atom stereocenters. The second kappa shape index (κ2) is 8.12. The highest BCUT2D eigenvalue weighted by Gasteiger charge is 2.21. The number of hydrogen-bond donors (Lipinski definition) is 2. The molecule has 1 rings (SSSR count). The first kappa shape index (κ1) is 16.8. The summed E-state index contributed by atoms with van der Waals surface area (Å²) in [7, 11) is 1.53. The van der Waals surface area contributed by atoms with Gasteiger partial charge in [-0.2, -0.15) is 0 Å². The van der Waals surface area contributed by atoms with Gasteiger partial charge >= 0.3 is 5.97 Å². The zero-order valence-corrected chi connectivity index (χ0v) is 11.3. The third-order valence-corrected chi connectivity index (χ3v) is 2.51. The highest BCUT2D eigenvalue weighted by atomic mass is 19.1. The summed E-state index contributed by atoms with van der Waals surface area (Å²) in [4.78, 5) is 20.9. The van der Waals surface area contributed by atoms with Crippen molar-refractivity contribution in [2.75, 3.05) is 38.8 Å². The van der Waals surface area contributed by atoms with Crippen molar-refractivity contribution in [3.63, 3.8) is 0 Å². The molecule has 0 aliphatic carbocycles. The van der Waals surface area contributed by atoms with Gasteiger partial charge in [0.2, 0.25) is 0 Å². The molecule has 0 bridgehead atoms. The van der Waals surface area contributed by atoms with Crippen molar-refractivity contribution in [3.05, 3.63) is 33.6 Å². The Morgan fingerprint density at radius 3 is 2.71 bits per heavy atom. The van der Waals surface area contributed by atoms with E-state index in [9.17, 15) is 19.3 Å². The molecule has 0 atom stereocenters. The number of nitro benzene ring substituents is 1. The molecule has 0 saturated carbocycles. The quantitative estimate of drug-likeness (QED) is 0.404. The van der Waals surface area contributed by atoms with Crippen LogP contribution in [0.3, 0.4) is 0 Å². The van der Waals surface area contributed by atoms with Crippen molar-refractivity contribution in [2.24, 2.45) is 0 Å². The predicted octanol–water partition coefficient (Wildman–Crippen LogP) is 1.51. The molecule has 2 N–H and O–H groups in total. The number of carboxylic acid groups (broad SMARTS) is 1. The van der Waals surface area contributed by atoms with Gasteiger partial charge in [-0.3, -0.25) is 10.1 Å². The lowest BCUT2D eigenvalue weighted by Crippen LogP contribution is -2.13. The SMILES string of the molecule is COCCOCCNc1cc(F)c(C(=O)O)cc1[N+](=O)[O-]. The van der Waals surface area contributed by atoms with Crippen molar-refractivity contribution in [1.29, 1.82) is 0 Å². The standard InChI is InChI=1S/C12H15FN2O6/c1-20-4-5-21-3-2-14-10-7-9(13)8(12(16)17)6-11(10)15(18)19/h6-7,14H,2-5H2,1H3,(H,16,17). The number of anilines is 1. The molecule has 0 amide bonds. The van der Waals surface area contributed by atoms with Crippen molar-refractivity contribution in [3.8, 4) is 0 Å². The summed E-state index contributed by atoms with van der Waals surface area (Å²) in [5, 5.41) is 22.3. The molecule has 1 aromatic carbocycles. The Morgan fingerprint density at radius 2 is 2.14 bits per heavy atom. The van der Waals surface area contributed by atoms with Crippen LogP contribution in [-0.4, -0.2) is 49.5 Å². The van der Waals surface area contributed by atoms with Crippen LogP contribution in [0.15, 0.2) is 12.1 Å². The molecule has 0 heterocycles. The number of nitro groups is 1. The maximum atomic E-state index is 13.5. The summed E-state index contributed by atoms with van der Waals surface area (Å²) in [6.45, 7) is 1.23. The lowest BCUT2D eigenvalue weighted by atomic mass is 10.1. The van der Waals surface area contributed by atoms with Gasteiger partial charge in [0, 0.05) is 25.8 Å². The predicted molar refractivity (Wildman–Crippen MR) is 71.2 cm³/mol. The van der Waals surface area contributed by atoms with E-state index in [2.05, 4.69) is 5.32 Å². The van der Waals surface area contributed by atoms with Crippen LogP contribution in [0.5, 0.6) is 0 Å². The van der Waals surface area contributed by atoms with Crippen molar-refractivity contribution in [2.45, 2.75) is 0 Å². The lowest BCUT2D eigenvalue weighted by molar-refractivity contribution is -0.384. The van der Waals surface area contributed by atoms with Crippen LogP contribution in [-0.2, 0) is 9.47 Å². The second-order valence-corrected chi connectivity index (χ2v) is 3.94. The Balaban J connectivity index is 2.74. The van der Waals surface area contributed by atoms with Gasteiger partial charge in [0.1, 0.15) is 17.1 Å². The zero-order chi connectivity index (χ0) is 15.8. The Labute approximate surface area is 119 Å². The van der Waals surface area contributed by atoms with E-state index in [1.54, 1.807) is 0 Å². The summed E-state index contributed by atoms with van der Waals surface area (Å²) in [6, 6.07) is 1.47. The van der Waals surface area contributed by atoms with E-state index in [1.165, 1.54) is 7.11 Å². The van der Waals surface area contributed by atoms with Crippen LogP contribution in [0.4, 0.5) is 15.8 Å². The van der Waals surface area contributed by atoms with Gasteiger partial charge < -0.3 is 19.9 Å². The molecule has 21 heavy (non-hydrogen) atoms. The molecule has 116 valence electrons. The number of benzene rings is 1. The molecule has 0 saturated heterocycles. The fraction of sp³-hybridized carbons (Fsp3) is 0.417. The topological polar surface area (TPSA) is 111 Å². The van der Waals surface area contributed by atoms with Gasteiger partial charge in [-0.1, -0.05) is 0 Å². The van der Waals surface area contributed by atoms with Gasteiger partial charge in [0.25, 0.3) is 5.69 Å². The van der Waals surface area contributed by atoms with Crippen molar-refractivity contribution >= 4 is 17.3 Å². The molecule has 0 fully saturated rings. The number of ether oxygens (including phenoxy) is 2. The van der Waals surface area contributed by atoms with Crippen molar-refractivity contribution < 1.29 is 28.7 Å². The minimum Gasteiger partial charge on any atom is -0.478 e. The molecular formula is C12H15FN2O6. The number of nitrogens with zero attached hydrogens (tertiary/aromatic N) is 1. The molecule has 0 spiro atoms. The first-order valence-corrected chi connectivity index (χ1v) is 5.99. The van der Waals surface area contributed by atoms with E-state index >= 15 is 0 Å². The Kier molecular flexibility index (Phi) is 6.50. The van der Waals surface area contributed by atoms with Crippen LogP contribution in [0, 0.1) is 15.9 Å². The normalized spacial score (nSPS) is 10.4. The highest BCUT2D eigenvalue weighted by molar-refractivity contribution is 5.90. The molecule has 8 nitrogen and oxygen atoms in total. The van der Waals surface area contributed by atoms with Gasteiger partial charge in [-0.25, -0.2) is 9.18 Å². The number of nitrogens with one attached hydrogen (secondary N) is 1. The summed E-state index contributed by atoms with van der Waals surface area (Å²) in [5.41, 5.74) is -1.35. The van der Waals surface area contributed by atoms with E-state index in [0.717, 1.165) is 6.07 Å². The molecule has 0 aliphatic rings. The first-order chi connectivity index (χ1) is 9.97. The lowest BCUT2D eigenvalue weighted by Gasteiger charge is -2.09. The van der Waals surface area contributed by atoms with Crippen LogP contribution in [0.2, 0.25) is 0 Å². The largest absolute Gasteiger partial charge is 0.478 e. The monoisotopic (exact) mass is 302 g/mol. The summed E-state index contributed by atoms with van der Waals surface area (Å²) in [6.07, 6.45) is 0. The Hall–Kier alpha value is -2.26. The molecule has 0 aliphatic heterocycles. The highest BCUT2D eigenvalue weighted by Crippen LogP contribution is 2.27. The number of rotatable bonds is 9. The number of carbonyl (C=O) groups is 1. The van der Waals surface area contributed by atoms with Gasteiger partial charge in [-0.15, -0.1) is 0 Å². The van der Waals surface area contributed by atoms with E-state index in [4.69, 9.17) is 14.6 Å². The van der Waals surface area contributed by atoms with Gasteiger partial charge in [0.15, 0.2) is 0 Å².